The standard InChI is InChI=1S/C25H31ClO4/c1-4-15-5-7-16(8-6-15)9-17-10-20(21-12-18(28)11-19(13-27)30-21)24-22(23(17)26)25(2,3)14-29-24/h5-8,10,18-19,21,27-28H,4,9,11-14H2,1-3H3. The number of aryl methyl sites for hydroxylation is 1. The van der Waals surface area contributed by atoms with Gasteiger partial charge in [0, 0.05) is 29.4 Å². The van der Waals surface area contributed by atoms with E-state index < -0.39 is 6.10 Å². The molecule has 1 fully saturated rings. The van der Waals surface area contributed by atoms with E-state index in [-0.39, 0.29) is 24.2 Å². The number of hydrogen-bond donors (Lipinski definition) is 2. The van der Waals surface area contributed by atoms with Crippen molar-refractivity contribution in [2.24, 2.45) is 0 Å². The summed E-state index contributed by atoms with van der Waals surface area (Å²) in [6, 6.07) is 10.7. The van der Waals surface area contributed by atoms with E-state index in [4.69, 9.17) is 21.1 Å². The van der Waals surface area contributed by atoms with Crippen LogP contribution in [-0.2, 0) is 23.0 Å². The third-order valence-corrected chi connectivity index (χ3v) is 6.76. The Balaban J connectivity index is 1.76. The molecular formula is C25H31ClO4. The van der Waals surface area contributed by atoms with Crippen LogP contribution in [0, 0.1) is 0 Å². The number of rotatable bonds is 5. The van der Waals surface area contributed by atoms with Gasteiger partial charge in [-0.1, -0.05) is 56.6 Å². The lowest BCUT2D eigenvalue weighted by Gasteiger charge is -2.33. The highest BCUT2D eigenvalue weighted by molar-refractivity contribution is 6.32. The zero-order chi connectivity index (χ0) is 21.5. The van der Waals surface area contributed by atoms with Crippen LogP contribution < -0.4 is 4.74 Å². The van der Waals surface area contributed by atoms with Crippen LogP contribution in [-0.4, -0.2) is 35.6 Å². The molecule has 1 saturated heterocycles. The Morgan fingerprint density at radius 3 is 2.50 bits per heavy atom. The zero-order valence-electron chi connectivity index (χ0n) is 18.0. The number of ether oxygens (including phenoxy) is 2. The number of benzene rings is 2. The van der Waals surface area contributed by atoms with Gasteiger partial charge >= 0.3 is 0 Å². The second-order valence-electron chi connectivity index (χ2n) is 9.22. The van der Waals surface area contributed by atoms with E-state index in [1.807, 2.05) is 0 Å². The molecule has 0 bridgehead atoms. The van der Waals surface area contributed by atoms with Crippen LogP contribution in [0.15, 0.2) is 30.3 Å². The molecule has 2 heterocycles. The normalized spacial score (nSPS) is 25.1. The van der Waals surface area contributed by atoms with Crippen molar-refractivity contribution in [2.75, 3.05) is 13.2 Å². The first-order valence-corrected chi connectivity index (χ1v) is 11.2. The number of aliphatic hydroxyl groups is 2. The molecule has 0 spiro atoms. The van der Waals surface area contributed by atoms with Crippen LogP contribution in [0.5, 0.6) is 5.75 Å². The number of halogens is 1. The van der Waals surface area contributed by atoms with Crippen LogP contribution in [0.4, 0.5) is 0 Å². The lowest BCUT2D eigenvalue weighted by molar-refractivity contribution is -0.114. The topological polar surface area (TPSA) is 58.9 Å². The maximum absolute atomic E-state index is 10.3. The Bertz CT molecular complexity index is 906. The summed E-state index contributed by atoms with van der Waals surface area (Å²) < 4.78 is 12.2. The van der Waals surface area contributed by atoms with Gasteiger partial charge in [0.05, 0.1) is 36.5 Å². The SMILES string of the molecule is CCc1ccc(Cc2cc(C3CC(O)CC(CO)O3)c3c(c2Cl)C(C)(C)CO3)cc1. The van der Waals surface area contributed by atoms with E-state index in [0.717, 1.165) is 40.3 Å². The van der Waals surface area contributed by atoms with Gasteiger partial charge in [-0.15, -0.1) is 0 Å². The van der Waals surface area contributed by atoms with Gasteiger partial charge in [-0.2, -0.15) is 0 Å². The lowest BCUT2D eigenvalue weighted by Crippen LogP contribution is -2.33. The Kier molecular flexibility index (Phi) is 6.13. The lowest BCUT2D eigenvalue weighted by atomic mass is 9.82. The molecule has 0 amide bonds. The summed E-state index contributed by atoms with van der Waals surface area (Å²) in [6.45, 7) is 6.89. The zero-order valence-corrected chi connectivity index (χ0v) is 18.7. The van der Waals surface area contributed by atoms with Gasteiger partial charge < -0.3 is 19.7 Å². The van der Waals surface area contributed by atoms with Crippen molar-refractivity contribution in [1.29, 1.82) is 0 Å². The molecule has 0 aromatic heterocycles. The highest BCUT2D eigenvalue weighted by atomic mass is 35.5. The fraction of sp³-hybridized carbons (Fsp3) is 0.520. The van der Waals surface area contributed by atoms with Crippen molar-refractivity contribution in [3.8, 4) is 5.75 Å². The van der Waals surface area contributed by atoms with Crippen molar-refractivity contribution in [2.45, 2.75) is 70.2 Å². The minimum absolute atomic E-state index is 0.105. The van der Waals surface area contributed by atoms with Crippen LogP contribution in [0.2, 0.25) is 5.02 Å². The first-order valence-electron chi connectivity index (χ1n) is 10.8. The molecule has 2 aromatic rings. The molecule has 3 unspecified atom stereocenters. The highest BCUT2D eigenvalue weighted by Gasteiger charge is 2.40. The summed E-state index contributed by atoms with van der Waals surface area (Å²) in [4.78, 5) is 0. The van der Waals surface area contributed by atoms with E-state index in [1.165, 1.54) is 11.1 Å². The monoisotopic (exact) mass is 430 g/mol. The fourth-order valence-corrected chi connectivity index (χ4v) is 5.06. The summed E-state index contributed by atoms with van der Waals surface area (Å²) in [5, 5.41) is 20.7. The Morgan fingerprint density at radius 1 is 1.13 bits per heavy atom. The van der Waals surface area contributed by atoms with Gasteiger partial charge in [0.1, 0.15) is 5.75 Å². The summed E-state index contributed by atoms with van der Waals surface area (Å²) in [5.74, 6) is 0.783. The molecule has 3 atom stereocenters. The van der Waals surface area contributed by atoms with E-state index in [2.05, 4.69) is 51.1 Å². The first kappa shape index (κ1) is 21.6. The molecule has 0 aliphatic carbocycles. The summed E-state index contributed by atoms with van der Waals surface area (Å²) in [6.07, 6.45) is 1.47. The van der Waals surface area contributed by atoms with E-state index in [9.17, 15) is 10.2 Å². The van der Waals surface area contributed by atoms with Gasteiger partial charge in [-0.05, 0) is 35.6 Å². The van der Waals surface area contributed by atoms with Crippen molar-refractivity contribution < 1.29 is 19.7 Å². The van der Waals surface area contributed by atoms with Gasteiger partial charge in [0.25, 0.3) is 0 Å². The molecule has 30 heavy (non-hydrogen) atoms. The average molecular weight is 431 g/mol. The number of aliphatic hydroxyl groups excluding tert-OH is 2. The molecule has 2 aromatic carbocycles. The quantitative estimate of drug-likeness (QED) is 0.719. The molecule has 2 aliphatic heterocycles. The Hall–Kier alpha value is -1.59. The van der Waals surface area contributed by atoms with Crippen LogP contribution in [0.1, 0.15) is 67.5 Å². The third-order valence-electron chi connectivity index (χ3n) is 6.33. The molecule has 0 radical (unpaired) electrons. The summed E-state index contributed by atoms with van der Waals surface area (Å²) in [5.41, 5.74) is 5.30. The molecule has 4 rings (SSSR count). The maximum Gasteiger partial charge on any atom is 0.130 e. The number of hydrogen-bond acceptors (Lipinski definition) is 4. The van der Waals surface area contributed by atoms with Gasteiger partial charge in [0.2, 0.25) is 0 Å². The Labute approximate surface area is 183 Å². The number of fused-ring (bicyclic) bond motifs is 1. The minimum Gasteiger partial charge on any atom is -0.492 e. The summed E-state index contributed by atoms with van der Waals surface area (Å²) in [7, 11) is 0. The molecule has 5 heteroatoms. The maximum atomic E-state index is 10.3. The van der Waals surface area contributed by atoms with E-state index in [0.29, 0.717) is 19.4 Å². The van der Waals surface area contributed by atoms with Crippen LogP contribution in [0.25, 0.3) is 0 Å². The minimum atomic E-state index is -0.508. The Morgan fingerprint density at radius 2 is 1.83 bits per heavy atom. The molecule has 2 N–H and O–H groups in total. The van der Waals surface area contributed by atoms with Crippen molar-refractivity contribution >= 4 is 11.6 Å². The van der Waals surface area contributed by atoms with Crippen LogP contribution in [0.3, 0.4) is 0 Å². The van der Waals surface area contributed by atoms with Crippen molar-refractivity contribution in [3.05, 3.63) is 63.2 Å². The van der Waals surface area contributed by atoms with Gasteiger partial charge in [0.15, 0.2) is 0 Å². The smallest absolute Gasteiger partial charge is 0.130 e. The van der Waals surface area contributed by atoms with E-state index >= 15 is 0 Å². The summed E-state index contributed by atoms with van der Waals surface area (Å²) >= 11 is 6.93. The fourth-order valence-electron chi connectivity index (χ4n) is 4.59. The van der Waals surface area contributed by atoms with Crippen molar-refractivity contribution in [3.63, 3.8) is 0 Å². The highest BCUT2D eigenvalue weighted by Crippen LogP contribution is 2.50. The second kappa shape index (κ2) is 8.51. The third kappa shape index (κ3) is 4.11. The molecule has 4 nitrogen and oxygen atoms in total. The second-order valence-corrected chi connectivity index (χ2v) is 9.59. The molecule has 162 valence electrons. The van der Waals surface area contributed by atoms with Gasteiger partial charge in [-0.3, -0.25) is 0 Å². The molecular weight excluding hydrogens is 400 g/mol. The largest absolute Gasteiger partial charge is 0.492 e. The predicted octanol–water partition coefficient (Wildman–Crippen LogP) is 4.74. The van der Waals surface area contributed by atoms with Crippen LogP contribution >= 0.6 is 11.6 Å². The van der Waals surface area contributed by atoms with Gasteiger partial charge in [-0.25, -0.2) is 0 Å². The average Bonchev–Trinajstić information content (AvgIpc) is 3.05. The van der Waals surface area contributed by atoms with Crippen molar-refractivity contribution in [1.82, 2.24) is 0 Å². The molecule has 0 saturated carbocycles. The van der Waals surface area contributed by atoms with E-state index in [1.54, 1.807) is 0 Å². The molecule has 2 aliphatic rings. The first-order chi connectivity index (χ1) is 14.3. The predicted molar refractivity (Wildman–Crippen MR) is 119 cm³/mol.